The fourth-order valence-electron chi connectivity index (χ4n) is 1.87. The van der Waals surface area contributed by atoms with E-state index in [1.54, 1.807) is 19.1 Å². The van der Waals surface area contributed by atoms with Crippen molar-refractivity contribution in [3.63, 3.8) is 0 Å². The zero-order chi connectivity index (χ0) is 14.0. The maximum absolute atomic E-state index is 13.5. The van der Waals surface area contributed by atoms with Crippen molar-refractivity contribution >= 4 is 28.9 Å². The monoisotopic (exact) mass is 297 g/mol. The molecule has 0 saturated carbocycles. The number of aryl methyl sites for hydroxylation is 1. The summed E-state index contributed by atoms with van der Waals surface area (Å²) in [7, 11) is 0. The molecule has 0 aliphatic heterocycles. The highest BCUT2D eigenvalue weighted by Crippen LogP contribution is 2.31. The van der Waals surface area contributed by atoms with Crippen LogP contribution in [0, 0.1) is 12.7 Å². The Balaban J connectivity index is 2.23. The van der Waals surface area contributed by atoms with Gasteiger partial charge in [-0.05, 0) is 43.2 Å². The lowest BCUT2D eigenvalue weighted by Crippen LogP contribution is -2.07. The number of benzene rings is 2. The smallest absolute Gasteiger partial charge is 0.128 e. The molecule has 0 heterocycles. The van der Waals surface area contributed by atoms with Crippen LogP contribution >= 0.6 is 23.2 Å². The van der Waals surface area contributed by atoms with E-state index in [9.17, 15) is 4.39 Å². The molecule has 2 aromatic carbocycles. The Hall–Kier alpha value is -1.25. The molecule has 1 atom stereocenters. The average molecular weight is 298 g/mol. The van der Waals surface area contributed by atoms with Crippen molar-refractivity contribution < 1.29 is 4.39 Å². The Morgan fingerprint density at radius 1 is 1.16 bits per heavy atom. The summed E-state index contributed by atoms with van der Waals surface area (Å²) < 4.78 is 13.5. The normalized spacial score (nSPS) is 12.3. The molecule has 0 spiro atoms. The Labute approximate surface area is 122 Å². The van der Waals surface area contributed by atoms with Gasteiger partial charge in [0.1, 0.15) is 5.82 Å². The van der Waals surface area contributed by atoms with Crippen molar-refractivity contribution in [2.75, 3.05) is 5.32 Å². The SMILES string of the molecule is Cc1ccc(NC(C)c2cccc(Cl)c2Cl)cc1F. The zero-order valence-corrected chi connectivity index (χ0v) is 12.2. The molecule has 100 valence electrons. The minimum atomic E-state index is -0.227. The lowest BCUT2D eigenvalue weighted by Gasteiger charge is -2.18. The number of hydrogen-bond donors (Lipinski definition) is 1. The second-order valence-electron chi connectivity index (χ2n) is 4.47. The maximum Gasteiger partial charge on any atom is 0.128 e. The molecule has 0 aromatic heterocycles. The van der Waals surface area contributed by atoms with Crippen LogP contribution in [0.25, 0.3) is 0 Å². The third-order valence-corrected chi connectivity index (χ3v) is 3.84. The summed E-state index contributed by atoms with van der Waals surface area (Å²) in [6.45, 7) is 3.69. The van der Waals surface area contributed by atoms with Crippen LogP contribution in [0.1, 0.15) is 24.1 Å². The summed E-state index contributed by atoms with van der Waals surface area (Å²) in [6, 6.07) is 10.5. The van der Waals surface area contributed by atoms with Gasteiger partial charge >= 0.3 is 0 Å². The molecule has 0 aliphatic rings. The molecule has 0 amide bonds. The minimum absolute atomic E-state index is 0.0618. The second-order valence-corrected chi connectivity index (χ2v) is 5.26. The van der Waals surface area contributed by atoms with Gasteiger partial charge in [-0.3, -0.25) is 0 Å². The molecule has 2 aromatic rings. The van der Waals surface area contributed by atoms with Crippen LogP contribution in [0.3, 0.4) is 0 Å². The second kappa shape index (κ2) is 5.81. The van der Waals surface area contributed by atoms with Crippen molar-refractivity contribution in [2.45, 2.75) is 19.9 Å². The topological polar surface area (TPSA) is 12.0 Å². The molecule has 0 aliphatic carbocycles. The van der Waals surface area contributed by atoms with Gasteiger partial charge in [-0.15, -0.1) is 0 Å². The number of rotatable bonds is 3. The molecule has 1 unspecified atom stereocenters. The van der Waals surface area contributed by atoms with Crippen molar-refractivity contribution in [1.29, 1.82) is 0 Å². The molecule has 0 bridgehead atoms. The average Bonchev–Trinajstić information content (AvgIpc) is 2.37. The lowest BCUT2D eigenvalue weighted by atomic mass is 10.1. The van der Waals surface area contributed by atoms with E-state index in [2.05, 4.69) is 5.32 Å². The number of hydrogen-bond acceptors (Lipinski definition) is 1. The first-order chi connectivity index (χ1) is 8.99. The number of halogens is 3. The first kappa shape index (κ1) is 14.2. The van der Waals surface area contributed by atoms with E-state index < -0.39 is 0 Å². The van der Waals surface area contributed by atoms with Crippen molar-refractivity contribution in [1.82, 2.24) is 0 Å². The lowest BCUT2D eigenvalue weighted by molar-refractivity contribution is 0.618. The molecule has 19 heavy (non-hydrogen) atoms. The van der Waals surface area contributed by atoms with Gasteiger partial charge in [0, 0.05) is 5.69 Å². The van der Waals surface area contributed by atoms with Gasteiger partial charge in [0.25, 0.3) is 0 Å². The molecular weight excluding hydrogens is 284 g/mol. The molecule has 0 fully saturated rings. The fraction of sp³-hybridized carbons (Fsp3) is 0.200. The van der Waals surface area contributed by atoms with Gasteiger partial charge in [-0.2, -0.15) is 0 Å². The summed E-state index contributed by atoms with van der Waals surface area (Å²) in [4.78, 5) is 0. The Bertz CT molecular complexity index is 599. The van der Waals surface area contributed by atoms with Crippen LogP contribution < -0.4 is 5.32 Å². The summed E-state index contributed by atoms with van der Waals surface area (Å²) in [6.07, 6.45) is 0. The standard InChI is InChI=1S/C15H14Cl2FN/c1-9-6-7-11(8-14(9)18)19-10(2)12-4-3-5-13(16)15(12)17/h3-8,10,19H,1-2H3. The molecule has 1 N–H and O–H groups in total. The highest BCUT2D eigenvalue weighted by atomic mass is 35.5. The van der Waals surface area contributed by atoms with E-state index >= 15 is 0 Å². The van der Waals surface area contributed by atoms with Crippen molar-refractivity contribution in [3.8, 4) is 0 Å². The fourth-order valence-corrected chi connectivity index (χ4v) is 2.34. The summed E-state index contributed by atoms with van der Waals surface area (Å²) in [5.41, 5.74) is 2.22. The number of anilines is 1. The minimum Gasteiger partial charge on any atom is -0.378 e. The van der Waals surface area contributed by atoms with Gasteiger partial charge in [0.15, 0.2) is 0 Å². The summed E-state index contributed by atoms with van der Waals surface area (Å²) in [5.74, 6) is -0.227. The highest BCUT2D eigenvalue weighted by molar-refractivity contribution is 6.42. The maximum atomic E-state index is 13.5. The van der Waals surface area contributed by atoms with E-state index in [1.165, 1.54) is 6.07 Å². The largest absolute Gasteiger partial charge is 0.378 e. The van der Waals surface area contributed by atoms with Gasteiger partial charge in [0.2, 0.25) is 0 Å². The predicted molar refractivity (Wildman–Crippen MR) is 79.6 cm³/mol. The predicted octanol–water partition coefficient (Wildman–Crippen LogP) is 5.61. The van der Waals surface area contributed by atoms with Gasteiger partial charge in [0.05, 0.1) is 16.1 Å². The van der Waals surface area contributed by atoms with Crippen LogP contribution in [-0.4, -0.2) is 0 Å². The van der Waals surface area contributed by atoms with Gasteiger partial charge in [-0.1, -0.05) is 41.4 Å². The molecule has 2 rings (SSSR count). The van der Waals surface area contributed by atoms with Crippen LogP contribution in [0.15, 0.2) is 36.4 Å². The third kappa shape index (κ3) is 3.20. The van der Waals surface area contributed by atoms with Crippen LogP contribution in [0.4, 0.5) is 10.1 Å². The van der Waals surface area contributed by atoms with E-state index in [0.717, 1.165) is 5.56 Å². The number of nitrogens with one attached hydrogen (secondary N) is 1. The first-order valence-corrected chi connectivity index (χ1v) is 6.71. The molecule has 0 radical (unpaired) electrons. The van der Waals surface area contributed by atoms with Crippen LogP contribution in [0.2, 0.25) is 10.0 Å². The highest BCUT2D eigenvalue weighted by Gasteiger charge is 2.12. The Morgan fingerprint density at radius 2 is 1.89 bits per heavy atom. The van der Waals surface area contributed by atoms with E-state index in [0.29, 0.717) is 21.3 Å². The van der Waals surface area contributed by atoms with Crippen LogP contribution in [-0.2, 0) is 0 Å². The van der Waals surface area contributed by atoms with Crippen molar-refractivity contribution in [3.05, 3.63) is 63.4 Å². The summed E-state index contributed by atoms with van der Waals surface area (Å²) >= 11 is 12.2. The molecule has 4 heteroatoms. The van der Waals surface area contributed by atoms with Gasteiger partial charge < -0.3 is 5.32 Å². The van der Waals surface area contributed by atoms with Crippen LogP contribution in [0.5, 0.6) is 0 Å². The molecule has 0 saturated heterocycles. The molecule has 1 nitrogen and oxygen atoms in total. The van der Waals surface area contributed by atoms with Crippen molar-refractivity contribution in [2.24, 2.45) is 0 Å². The third-order valence-electron chi connectivity index (χ3n) is 3.00. The zero-order valence-electron chi connectivity index (χ0n) is 10.7. The first-order valence-electron chi connectivity index (χ1n) is 5.95. The van der Waals surface area contributed by atoms with E-state index in [-0.39, 0.29) is 11.9 Å². The van der Waals surface area contributed by atoms with Gasteiger partial charge in [-0.25, -0.2) is 4.39 Å². The Kier molecular flexibility index (Phi) is 4.33. The summed E-state index contributed by atoms with van der Waals surface area (Å²) in [5, 5.41) is 4.25. The Morgan fingerprint density at radius 3 is 2.58 bits per heavy atom. The molecular formula is C15H14Cl2FN. The quantitative estimate of drug-likeness (QED) is 0.776. The van der Waals surface area contributed by atoms with E-state index in [1.807, 2.05) is 25.1 Å². The van der Waals surface area contributed by atoms with E-state index in [4.69, 9.17) is 23.2 Å².